The van der Waals surface area contributed by atoms with Crippen LogP contribution in [-0.2, 0) is 4.79 Å². The first-order valence-electron chi connectivity index (χ1n) is 11.7. The quantitative estimate of drug-likeness (QED) is 0.551. The van der Waals surface area contributed by atoms with Crippen LogP contribution in [0.5, 0.6) is 0 Å². The number of Topliss-reactive ketones (excluding diaryl/α,β-unsaturated/α-hetero) is 1. The second-order valence-electron chi connectivity index (χ2n) is 12.1. The van der Waals surface area contributed by atoms with Crippen molar-refractivity contribution in [1.29, 1.82) is 0 Å². The molecule has 9 unspecified atom stereocenters. The molecule has 2 saturated carbocycles. The molecule has 30 heavy (non-hydrogen) atoms. The predicted octanol–water partition coefficient (Wildman–Crippen LogP) is 2.85. The summed E-state index contributed by atoms with van der Waals surface area (Å²) in [5.74, 6) is 0.0925. The molecule has 0 saturated heterocycles. The largest absolute Gasteiger partial charge is 0.396 e. The van der Waals surface area contributed by atoms with Crippen LogP contribution in [0.4, 0.5) is 0 Å². The molecule has 5 nitrogen and oxygen atoms in total. The fourth-order valence-corrected chi connectivity index (χ4v) is 8.50. The molecular formula is C25H40O5. The third kappa shape index (κ3) is 2.47. The highest BCUT2D eigenvalue weighted by Gasteiger charge is 2.69. The molecule has 0 heterocycles. The van der Waals surface area contributed by atoms with Crippen molar-refractivity contribution in [3.63, 3.8) is 0 Å². The van der Waals surface area contributed by atoms with Crippen molar-refractivity contribution in [1.82, 2.24) is 0 Å². The smallest absolute Gasteiger partial charge is 0.160 e. The molecule has 0 aromatic carbocycles. The lowest BCUT2D eigenvalue weighted by atomic mass is 9.42. The maximum absolute atomic E-state index is 13.8. The van der Waals surface area contributed by atoms with E-state index in [4.69, 9.17) is 0 Å². The Hall–Kier alpha value is -0.750. The van der Waals surface area contributed by atoms with Crippen molar-refractivity contribution in [2.45, 2.75) is 92.0 Å². The summed E-state index contributed by atoms with van der Waals surface area (Å²) in [5.41, 5.74) is -0.499. The number of allylic oxidation sites excluding steroid dienone is 1. The van der Waals surface area contributed by atoms with Crippen LogP contribution in [0.25, 0.3) is 0 Å². The number of ketones is 1. The summed E-state index contributed by atoms with van der Waals surface area (Å²) in [5, 5.41) is 43.4. The lowest BCUT2D eigenvalue weighted by Gasteiger charge is -2.62. The maximum Gasteiger partial charge on any atom is 0.160 e. The fourth-order valence-electron chi connectivity index (χ4n) is 8.50. The summed E-state index contributed by atoms with van der Waals surface area (Å²) in [6, 6.07) is 0. The van der Waals surface area contributed by atoms with Gasteiger partial charge in [0.05, 0.1) is 18.3 Å². The van der Waals surface area contributed by atoms with Gasteiger partial charge >= 0.3 is 0 Å². The first-order chi connectivity index (χ1) is 13.8. The van der Waals surface area contributed by atoms with Gasteiger partial charge in [0.25, 0.3) is 0 Å². The number of carbonyl (C=O) groups is 1. The molecule has 4 N–H and O–H groups in total. The number of carbonyl (C=O) groups excluding carboxylic acids is 1. The molecule has 0 aromatic heterocycles. The Bertz CT molecular complexity index is 786. The molecule has 2 fully saturated rings. The molecule has 170 valence electrons. The van der Waals surface area contributed by atoms with Gasteiger partial charge < -0.3 is 20.4 Å². The summed E-state index contributed by atoms with van der Waals surface area (Å²) in [6.45, 7) is 12.4. The number of hydrogen-bond donors (Lipinski definition) is 4. The minimum Gasteiger partial charge on any atom is -0.396 e. The lowest BCUT2D eigenvalue weighted by Crippen LogP contribution is -2.61. The molecule has 4 rings (SSSR count). The van der Waals surface area contributed by atoms with E-state index in [1.807, 2.05) is 13.8 Å². The SMILES string of the molecule is CC(CO)C1CC(O)C2(C)C3=C(C(=O)CC12C)C1(C)CCC(O)C(C)(C)C1CC3O. The second kappa shape index (κ2) is 6.63. The van der Waals surface area contributed by atoms with E-state index in [0.29, 0.717) is 25.7 Å². The summed E-state index contributed by atoms with van der Waals surface area (Å²) in [6.07, 6.45) is 0.842. The molecule has 4 aliphatic rings. The van der Waals surface area contributed by atoms with E-state index in [2.05, 4.69) is 27.7 Å². The minimum absolute atomic E-state index is 0.00474. The fraction of sp³-hybridized carbons (Fsp3) is 0.880. The van der Waals surface area contributed by atoms with E-state index in [-0.39, 0.29) is 30.1 Å². The number of aliphatic hydroxyl groups excluding tert-OH is 4. The van der Waals surface area contributed by atoms with Crippen molar-refractivity contribution in [3.8, 4) is 0 Å². The van der Waals surface area contributed by atoms with Crippen LogP contribution >= 0.6 is 0 Å². The van der Waals surface area contributed by atoms with Crippen LogP contribution in [0.2, 0.25) is 0 Å². The van der Waals surface area contributed by atoms with Crippen LogP contribution in [-0.4, -0.2) is 51.1 Å². The zero-order valence-electron chi connectivity index (χ0n) is 19.4. The number of aliphatic hydroxyl groups is 4. The predicted molar refractivity (Wildman–Crippen MR) is 114 cm³/mol. The van der Waals surface area contributed by atoms with E-state index in [1.54, 1.807) is 0 Å². The Labute approximate surface area is 180 Å². The summed E-state index contributed by atoms with van der Waals surface area (Å²) < 4.78 is 0. The molecule has 0 bridgehead atoms. The summed E-state index contributed by atoms with van der Waals surface area (Å²) in [4.78, 5) is 13.8. The van der Waals surface area contributed by atoms with Crippen LogP contribution in [0, 0.1) is 39.4 Å². The average molecular weight is 421 g/mol. The van der Waals surface area contributed by atoms with Gasteiger partial charge in [-0.05, 0) is 65.3 Å². The summed E-state index contributed by atoms with van der Waals surface area (Å²) in [7, 11) is 0. The van der Waals surface area contributed by atoms with Gasteiger partial charge in [-0.1, -0.05) is 41.5 Å². The van der Waals surface area contributed by atoms with Gasteiger partial charge in [-0.15, -0.1) is 0 Å². The Kier molecular flexibility index (Phi) is 4.96. The van der Waals surface area contributed by atoms with Crippen LogP contribution in [0.1, 0.15) is 73.6 Å². The molecule has 4 aliphatic carbocycles. The van der Waals surface area contributed by atoms with E-state index in [0.717, 1.165) is 17.6 Å². The van der Waals surface area contributed by atoms with Gasteiger partial charge in [-0.25, -0.2) is 0 Å². The van der Waals surface area contributed by atoms with Crippen molar-refractivity contribution < 1.29 is 25.2 Å². The molecular weight excluding hydrogens is 380 g/mol. The van der Waals surface area contributed by atoms with Gasteiger partial charge in [0.1, 0.15) is 0 Å². The van der Waals surface area contributed by atoms with Crippen LogP contribution in [0.15, 0.2) is 11.1 Å². The number of fused-ring (bicyclic) bond motifs is 4. The Morgan fingerprint density at radius 3 is 2.27 bits per heavy atom. The second-order valence-corrected chi connectivity index (χ2v) is 12.1. The zero-order chi connectivity index (χ0) is 22.4. The normalized spacial score (nSPS) is 51.3. The van der Waals surface area contributed by atoms with Crippen molar-refractivity contribution in [2.24, 2.45) is 39.4 Å². The monoisotopic (exact) mass is 420 g/mol. The average Bonchev–Trinajstić information content (AvgIpc) is 2.87. The number of hydrogen-bond acceptors (Lipinski definition) is 5. The van der Waals surface area contributed by atoms with Gasteiger partial charge in [-0.2, -0.15) is 0 Å². The first-order valence-corrected chi connectivity index (χ1v) is 11.7. The maximum atomic E-state index is 13.8. The summed E-state index contributed by atoms with van der Waals surface area (Å²) >= 11 is 0. The van der Waals surface area contributed by atoms with Crippen molar-refractivity contribution in [3.05, 3.63) is 11.1 Å². The topological polar surface area (TPSA) is 98.0 Å². The molecule has 0 spiro atoms. The third-order valence-corrected chi connectivity index (χ3v) is 10.6. The molecule has 0 aromatic rings. The Morgan fingerprint density at radius 1 is 1.03 bits per heavy atom. The van der Waals surface area contributed by atoms with E-state index in [9.17, 15) is 25.2 Å². The van der Waals surface area contributed by atoms with Crippen molar-refractivity contribution in [2.75, 3.05) is 6.61 Å². The Morgan fingerprint density at radius 2 is 1.67 bits per heavy atom. The molecule has 0 amide bonds. The first kappa shape index (κ1) is 22.4. The molecule has 0 radical (unpaired) electrons. The third-order valence-electron chi connectivity index (χ3n) is 10.6. The number of rotatable bonds is 2. The van der Waals surface area contributed by atoms with Gasteiger partial charge in [0.2, 0.25) is 0 Å². The van der Waals surface area contributed by atoms with Crippen LogP contribution in [0.3, 0.4) is 0 Å². The Balaban J connectivity index is 1.93. The highest BCUT2D eigenvalue weighted by Crippen LogP contribution is 2.71. The van der Waals surface area contributed by atoms with Gasteiger partial charge in [0, 0.05) is 24.0 Å². The minimum atomic E-state index is -0.797. The van der Waals surface area contributed by atoms with Gasteiger partial charge in [0.15, 0.2) is 5.78 Å². The highest BCUT2D eigenvalue weighted by atomic mass is 16.3. The van der Waals surface area contributed by atoms with E-state index >= 15 is 0 Å². The van der Waals surface area contributed by atoms with Crippen molar-refractivity contribution >= 4 is 5.78 Å². The molecule has 5 heteroatoms. The molecule has 0 aliphatic heterocycles. The van der Waals surface area contributed by atoms with Gasteiger partial charge in [-0.3, -0.25) is 4.79 Å². The van der Waals surface area contributed by atoms with Crippen LogP contribution < -0.4 is 0 Å². The standard InChI is InChI=1S/C25H40O5/c1-13(12-26)14-9-19(30)25(6)21-15(27)10-17-22(2,3)18(29)7-8-23(17,4)20(21)16(28)11-24(14,25)5/h13-15,17-19,26-27,29-30H,7-12H2,1-6H3. The highest BCUT2D eigenvalue weighted by molar-refractivity contribution is 6.00. The zero-order valence-corrected chi connectivity index (χ0v) is 19.4. The van der Waals surface area contributed by atoms with E-state index in [1.165, 1.54) is 0 Å². The lowest BCUT2D eigenvalue weighted by molar-refractivity contribution is -0.140. The van der Waals surface area contributed by atoms with E-state index < -0.39 is 40.0 Å². The molecule has 9 atom stereocenters.